The molecule has 0 heterocycles. The van der Waals surface area contributed by atoms with E-state index in [9.17, 15) is 4.79 Å². The molecule has 0 aromatic heterocycles. The van der Waals surface area contributed by atoms with Crippen LogP contribution in [0.1, 0.15) is 60.3 Å². The second kappa shape index (κ2) is 11.5. The highest BCUT2D eigenvalue weighted by Gasteiger charge is 2.13. The number of hydrogen-bond donors (Lipinski definition) is 1. The molecule has 110 valence electrons. The van der Waals surface area contributed by atoms with Gasteiger partial charge in [0.15, 0.2) is 0 Å². The fourth-order valence-electron chi connectivity index (χ4n) is 1.62. The fourth-order valence-corrected chi connectivity index (χ4v) is 1.62. The zero-order chi connectivity index (χ0) is 14.6. The van der Waals surface area contributed by atoms with E-state index >= 15 is 0 Å². The van der Waals surface area contributed by atoms with Crippen LogP contribution >= 0.6 is 0 Å². The molecule has 0 saturated heterocycles. The lowest BCUT2D eigenvalue weighted by molar-refractivity contribution is -0.904. The van der Waals surface area contributed by atoms with E-state index in [4.69, 9.17) is 5.11 Å². The molecule has 0 fully saturated rings. The molecule has 0 spiro atoms. The Morgan fingerprint density at radius 1 is 1.06 bits per heavy atom. The minimum atomic E-state index is -0.643. The fraction of sp³-hybridized carbons (Fsp3) is 0.933. The van der Waals surface area contributed by atoms with Crippen LogP contribution < -0.4 is 0 Å². The molecule has 0 amide bonds. The van der Waals surface area contributed by atoms with E-state index in [1.165, 1.54) is 24.1 Å². The number of carboxylic acids is 1. The van der Waals surface area contributed by atoms with Crippen LogP contribution in [0.25, 0.3) is 0 Å². The van der Waals surface area contributed by atoms with Crippen LogP contribution in [0.4, 0.5) is 0 Å². The van der Waals surface area contributed by atoms with Crippen molar-refractivity contribution in [3.63, 3.8) is 0 Å². The van der Waals surface area contributed by atoms with Crippen molar-refractivity contribution < 1.29 is 14.4 Å². The normalized spacial score (nSPS) is 12.6. The summed E-state index contributed by atoms with van der Waals surface area (Å²) in [6.07, 6.45) is 3.71. The van der Waals surface area contributed by atoms with Crippen molar-refractivity contribution in [1.29, 1.82) is 0 Å². The average molecular weight is 260 g/mol. The van der Waals surface area contributed by atoms with E-state index in [1.807, 2.05) is 6.92 Å². The lowest BCUT2D eigenvalue weighted by atomic mass is 10.00. The lowest BCUT2D eigenvalue weighted by Crippen LogP contribution is -2.42. The smallest absolute Gasteiger partial charge is 0.306 e. The summed E-state index contributed by atoms with van der Waals surface area (Å²) in [6, 6.07) is 0. The molecule has 3 nitrogen and oxygen atoms in total. The van der Waals surface area contributed by atoms with E-state index < -0.39 is 5.97 Å². The summed E-state index contributed by atoms with van der Waals surface area (Å²) < 4.78 is 1.21. The van der Waals surface area contributed by atoms with Gasteiger partial charge in [-0.1, -0.05) is 26.7 Å². The first-order valence-corrected chi connectivity index (χ1v) is 7.46. The molecule has 0 rings (SSSR count). The summed E-state index contributed by atoms with van der Waals surface area (Å²) in [7, 11) is 2.29. The average Bonchev–Trinajstić information content (AvgIpc) is 2.39. The molecule has 0 aliphatic rings. The summed E-state index contributed by atoms with van der Waals surface area (Å²) in [6.45, 7) is 14.5. The van der Waals surface area contributed by atoms with Gasteiger partial charge in [-0.05, 0) is 33.6 Å². The second-order valence-corrected chi connectivity index (χ2v) is 5.15. The largest absolute Gasteiger partial charge is 0.481 e. The maximum absolute atomic E-state index is 10.4. The summed E-state index contributed by atoms with van der Waals surface area (Å²) in [5.74, 6) is -0.754. The van der Waals surface area contributed by atoms with E-state index in [0.717, 1.165) is 25.7 Å². The zero-order valence-corrected chi connectivity index (χ0v) is 13.3. The third-order valence-electron chi connectivity index (χ3n) is 4.04. The number of quaternary nitrogens is 1. The Balaban J connectivity index is 0. The molecule has 3 heteroatoms. The van der Waals surface area contributed by atoms with Crippen LogP contribution in [-0.4, -0.2) is 42.2 Å². The van der Waals surface area contributed by atoms with Crippen LogP contribution in [-0.2, 0) is 4.79 Å². The van der Waals surface area contributed by atoms with Gasteiger partial charge >= 0.3 is 5.97 Å². The first kappa shape index (κ1) is 19.8. The maximum Gasteiger partial charge on any atom is 0.306 e. The zero-order valence-electron chi connectivity index (χ0n) is 13.3. The van der Waals surface area contributed by atoms with Crippen molar-refractivity contribution in [3.05, 3.63) is 0 Å². The van der Waals surface area contributed by atoms with Gasteiger partial charge in [-0.25, -0.2) is 0 Å². The Morgan fingerprint density at radius 2 is 1.50 bits per heavy atom. The Morgan fingerprint density at radius 3 is 1.67 bits per heavy atom. The topological polar surface area (TPSA) is 37.3 Å². The predicted molar refractivity (Wildman–Crippen MR) is 78.7 cm³/mol. The molecular weight excluding hydrogens is 226 g/mol. The molecule has 0 saturated carbocycles. The molecule has 0 aromatic carbocycles. The molecule has 1 N–H and O–H groups in total. The third-order valence-corrected chi connectivity index (χ3v) is 4.04. The Kier molecular flexibility index (Phi) is 12.6. The number of hydrogen-bond acceptors (Lipinski definition) is 1. The number of nitrogens with zero attached hydrogens (tertiary/aromatic N) is 1. The van der Waals surface area contributed by atoms with Crippen LogP contribution in [0.5, 0.6) is 0 Å². The Labute approximate surface area is 114 Å². The monoisotopic (exact) mass is 260 g/mol. The van der Waals surface area contributed by atoms with Gasteiger partial charge in [-0.15, -0.1) is 0 Å². The van der Waals surface area contributed by atoms with Gasteiger partial charge in [0.05, 0.1) is 32.6 Å². The van der Waals surface area contributed by atoms with Crippen LogP contribution in [0.15, 0.2) is 0 Å². The van der Waals surface area contributed by atoms with Crippen molar-refractivity contribution in [2.24, 2.45) is 5.92 Å². The third kappa shape index (κ3) is 9.46. The highest BCUT2D eigenvalue weighted by molar-refractivity contribution is 5.69. The van der Waals surface area contributed by atoms with Crippen molar-refractivity contribution in [2.45, 2.75) is 60.3 Å². The minimum absolute atomic E-state index is 0.111. The SMILES string of the molecule is CCCCC(CC)C(=O)O.CC[N+](C)(CC)CC. The van der Waals surface area contributed by atoms with E-state index in [2.05, 4.69) is 34.7 Å². The molecule has 0 bridgehead atoms. The van der Waals surface area contributed by atoms with Gasteiger partial charge in [0.2, 0.25) is 0 Å². The van der Waals surface area contributed by atoms with E-state index in [-0.39, 0.29) is 5.92 Å². The molecule has 0 aromatic rings. The predicted octanol–water partition coefficient (Wildman–Crippen LogP) is 3.78. The highest BCUT2D eigenvalue weighted by atomic mass is 16.4. The first-order chi connectivity index (χ1) is 8.40. The van der Waals surface area contributed by atoms with E-state index in [1.54, 1.807) is 0 Å². The van der Waals surface area contributed by atoms with Crippen LogP contribution in [0.3, 0.4) is 0 Å². The molecule has 0 aliphatic carbocycles. The van der Waals surface area contributed by atoms with Crippen molar-refractivity contribution >= 4 is 5.97 Å². The molecule has 1 atom stereocenters. The van der Waals surface area contributed by atoms with Crippen molar-refractivity contribution in [2.75, 3.05) is 26.7 Å². The number of unbranched alkanes of at least 4 members (excludes halogenated alkanes) is 1. The summed E-state index contributed by atoms with van der Waals surface area (Å²) in [5, 5.41) is 8.60. The van der Waals surface area contributed by atoms with Gasteiger partial charge in [0.1, 0.15) is 0 Å². The van der Waals surface area contributed by atoms with Gasteiger partial charge < -0.3 is 9.59 Å². The van der Waals surface area contributed by atoms with Crippen LogP contribution in [0.2, 0.25) is 0 Å². The number of carboxylic acid groups (broad SMARTS) is 1. The standard InChI is InChI=1S/C8H16O2.C7H18N/c1-3-5-6-7(4-2)8(9)10;1-5-8(4,6-2)7-3/h7H,3-6H2,1-2H3,(H,9,10);5-7H2,1-4H3/q;+1. The summed E-state index contributed by atoms with van der Waals surface area (Å²) >= 11 is 0. The number of aliphatic carboxylic acids is 1. The first-order valence-electron chi connectivity index (χ1n) is 7.46. The highest BCUT2D eigenvalue weighted by Crippen LogP contribution is 2.11. The van der Waals surface area contributed by atoms with Gasteiger partial charge in [-0.3, -0.25) is 4.79 Å². The summed E-state index contributed by atoms with van der Waals surface area (Å²) in [5.41, 5.74) is 0. The number of carbonyl (C=O) groups is 1. The quantitative estimate of drug-likeness (QED) is 0.674. The van der Waals surface area contributed by atoms with Gasteiger partial charge in [0, 0.05) is 0 Å². The van der Waals surface area contributed by atoms with Crippen molar-refractivity contribution in [3.8, 4) is 0 Å². The molecular formula is C15H34NO2+. The van der Waals surface area contributed by atoms with Gasteiger partial charge in [-0.2, -0.15) is 0 Å². The molecule has 0 aliphatic heterocycles. The Hall–Kier alpha value is -0.570. The second-order valence-electron chi connectivity index (χ2n) is 5.15. The Bertz CT molecular complexity index is 192. The van der Waals surface area contributed by atoms with Crippen molar-refractivity contribution in [1.82, 2.24) is 0 Å². The molecule has 18 heavy (non-hydrogen) atoms. The summed E-state index contributed by atoms with van der Waals surface area (Å²) in [4.78, 5) is 10.4. The minimum Gasteiger partial charge on any atom is -0.481 e. The van der Waals surface area contributed by atoms with Gasteiger partial charge in [0.25, 0.3) is 0 Å². The van der Waals surface area contributed by atoms with E-state index in [0.29, 0.717) is 0 Å². The number of rotatable bonds is 8. The lowest BCUT2D eigenvalue weighted by Gasteiger charge is -2.30. The molecule has 0 radical (unpaired) electrons. The molecule has 1 unspecified atom stereocenters. The van der Waals surface area contributed by atoms with Crippen LogP contribution in [0, 0.1) is 5.92 Å². The maximum atomic E-state index is 10.4.